The lowest BCUT2D eigenvalue weighted by atomic mass is 10.1. The van der Waals surface area contributed by atoms with Crippen LogP contribution < -0.4 is 20.8 Å². The van der Waals surface area contributed by atoms with Gasteiger partial charge in [-0.05, 0) is 145 Å². The van der Waals surface area contributed by atoms with Gasteiger partial charge in [0.1, 0.15) is 62.1 Å². The molecule has 4 aromatic heterocycles. The highest BCUT2D eigenvalue weighted by Crippen LogP contribution is 2.57. The van der Waals surface area contributed by atoms with Crippen LogP contribution in [0.4, 0.5) is 21.2 Å². The van der Waals surface area contributed by atoms with Gasteiger partial charge in [0.15, 0.2) is 57.6 Å². The van der Waals surface area contributed by atoms with E-state index < -0.39 is 134 Å². The predicted molar refractivity (Wildman–Crippen MR) is 347 cm³/mol. The van der Waals surface area contributed by atoms with Crippen molar-refractivity contribution in [3.8, 4) is 0 Å². The van der Waals surface area contributed by atoms with E-state index in [0.29, 0.717) is 22.1 Å². The molecule has 0 spiro atoms. The van der Waals surface area contributed by atoms with Crippen LogP contribution in [0.3, 0.4) is 0 Å². The third-order valence-corrected chi connectivity index (χ3v) is 22.5. The topological polar surface area (TPSA) is 371 Å². The van der Waals surface area contributed by atoms with Crippen LogP contribution in [0, 0.1) is 0 Å². The molecule has 6 aliphatic rings. The summed E-state index contributed by atoms with van der Waals surface area (Å²) in [7, 11) is -3.57. The molecule has 32 nitrogen and oxygen atoms in total. The highest BCUT2D eigenvalue weighted by atomic mass is 35.5. The van der Waals surface area contributed by atoms with Gasteiger partial charge in [0, 0.05) is 26.3 Å². The molecular weight excluding hydrogens is 1340 g/mol. The van der Waals surface area contributed by atoms with Crippen LogP contribution in [0.2, 0.25) is 10.6 Å². The summed E-state index contributed by atoms with van der Waals surface area (Å²) < 4.78 is 103. The van der Waals surface area contributed by atoms with E-state index in [1.165, 1.54) is 50.2 Å². The summed E-state index contributed by atoms with van der Waals surface area (Å²) in [5.74, 6) is -3.01. The number of rotatable bonds is 22. The molecule has 0 aromatic carbocycles. The molecule has 4 aromatic rings. The molecular formula is C60H92Cl2N12O20P2. The molecule has 6 fully saturated rings. The third kappa shape index (κ3) is 16.5. The number of fused-ring (bicyclic) bond motifs is 4. The maximum absolute atomic E-state index is 13.6. The average molecular weight is 1430 g/mol. The molecule has 8 heterocycles. The van der Waals surface area contributed by atoms with Gasteiger partial charge in [-0.2, -0.15) is 30.1 Å². The summed E-state index contributed by atoms with van der Waals surface area (Å²) >= 11 is 13.0. The maximum Gasteiger partial charge on any atom is 0.416 e. The molecule has 4 saturated heterocycles. The van der Waals surface area contributed by atoms with Gasteiger partial charge in [-0.25, -0.2) is 29.9 Å². The highest BCUT2D eigenvalue weighted by molar-refractivity contribution is 7.64. The molecule has 0 bridgehead atoms. The van der Waals surface area contributed by atoms with E-state index in [9.17, 15) is 38.7 Å². The first kappa shape index (κ1) is 75.3. The molecule has 0 unspecified atom stereocenters. The Morgan fingerprint density at radius 1 is 0.594 bits per heavy atom. The second-order valence-electron chi connectivity index (χ2n) is 28.6. The highest BCUT2D eigenvalue weighted by Gasteiger charge is 2.60. The Morgan fingerprint density at radius 2 is 0.927 bits per heavy atom. The van der Waals surface area contributed by atoms with Gasteiger partial charge in [-0.1, -0.05) is 25.7 Å². The van der Waals surface area contributed by atoms with Crippen molar-refractivity contribution in [3.05, 3.63) is 23.0 Å². The number of nitrogens with one attached hydrogen (secondary N) is 2. The Hall–Kier alpha value is -4.86. The van der Waals surface area contributed by atoms with Crippen molar-refractivity contribution in [2.24, 2.45) is 0 Å². The van der Waals surface area contributed by atoms with Crippen molar-refractivity contribution in [2.75, 3.05) is 77.1 Å². The van der Waals surface area contributed by atoms with E-state index in [1.807, 2.05) is 0 Å². The summed E-state index contributed by atoms with van der Waals surface area (Å²) in [4.78, 5) is 72.9. The van der Waals surface area contributed by atoms with Gasteiger partial charge in [-0.15, -0.1) is 0 Å². The molecule has 4 aliphatic heterocycles. The summed E-state index contributed by atoms with van der Waals surface area (Å²) in [5, 5.41) is 25.3. The summed E-state index contributed by atoms with van der Waals surface area (Å²) in [6, 6.07) is -0.293. The van der Waals surface area contributed by atoms with E-state index in [1.54, 1.807) is 102 Å². The zero-order valence-electron chi connectivity index (χ0n) is 57.2. The second kappa shape index (κ2) is 29.0. The van der Waals surface area contributed by atoms with Crippen LogP contribution in [-0.2, 0) is 75.6 Å². The van der Waals surface area contributed by atoms with Crippen molar-refractivity contribution in [2.45, 2.75) is 228 Å². The number of hydrogen-bond acceptors (Lipinski definition) is 26. The van der Waals surface area contributed by atoms with Gasteiger partial charge in [0.25, 0.3) is 0 Å². The normalized spacial score (nSPS) is 25.6. The Balaban J connectivity index is 0.000000225. The zero-order valence-corrected chi connectivity index (χ0v) is 60.5. The second-order valence-corrected chi connectivity index (χ2v) is 36.3. The van der Waals surface area contributed by atoms with E-state index >= 15 is 0 Å². The van der Waals surface area contributed by atoms with Gasteiger partial charge in [0.05, 0.1) is 62.4 Å². The molecule has 2 saturated carbocycles. The molecule has 36 heteroatoms. The first-order valence-electron chi connectivity index (χ1n) is 31.9. The van der Waals surface area contributed by atoms with Crippen molar-refractivity contribution in [3.63, 3.8) is 0 Å². The van der Waals surface area contributed by atoms with E-state index in [2.05, 4.69) is 30.1 Å². The smallest absolute Gasteiger partial charge is 0.416 e. The van der Waals surface area contributed by atoms with Crippen molar-refractivity contribution >= 4 is 95.2 Å². The minimum atomic E-state index is -3.19. The Labute approximate surface area is 566 Å². The number of halogens is 2. The van der Waals surface area contributed by atoms with Gasteiger partial charge in [0.2, 0.25) is 22.4 Å². The third-order valence-electron chi connectivity index (χ3n) is 17.4. The molecule has 10 rings (SSSR count). The van der Waals surface area contributed by atoms with Crippen molar-refractivity contribution in [1.82, 2.24) is 50.5 Å². The number of hydrogen-bond donors (Lipinski definition) is 4. The minimum absolute atomic E-state index is 0.0997. The number of hydroxylamine groups is 2. The number of aromatic nitrogens is 8. The van der Waals surface area contributed by atoms with E-state index in [0.717, 1.165) is 51.4 Å². The molecule has 4 N–H and O–H groups in total. The van der Waals surface area contributed by atoms with E-state index in [-0.39, 0.29) is 60.7 Å². The summed E-state index contributed by atoms with van der Waals surface area (Å²) in [6.45, 7) is 23.1. The average Bonchev–Trinajstić information content (AvgIpc) is 1.57. The van der Waals surface area contributed by atoms with Crippen LogP contribution in [-0.4, -0.2) is 223 Å². The van der Waals surface area contributed by atoms with Crippen LogP contribution in [0.25, 0.3) is 22.1 Å². The maximum atomic E-state index is 13.6. The predicted octanol–water partition coefficient (Wildman–Crippen LogP) is 8.92. The molecule has 10 atom stereocenters. The van der Waals surface area contributed by atoms with Crippen molar-refractivity contribution < 1.29 is 95.6 Å². The van der Waals surface area contributed by atoms with Gasteiger partial charge >= 0.3 is 12.2 Å². The zero-order chi connectivity index (χ0) is 70.5. The Morgan fingerprint density at radius 3 is 1.23 bits per heavy atom. The fourth-order valence-electron chi connectivity index (χ4n) is 13.1. The SMILES string of the molecule is COC[C@@](CC(=O)NO)(OC[C@H]1O[C@@H](n2ncc3c(N(C(=O)OC(C)(C)C)C4CCCC4)nc(Cl)nc32)[C@@H]2OC(C)(C)O[C@@H]21)P(C)(C)=O.COC[C@](CC(=O)NO)(OC[C@H]1O[C@@H](n2ncc3c(N(C(=O)OC(C)(C)C)C4CCCC4)nc(Cl)nc32)[C@@H]2OC(C)(C)O[C@@H]21)P(C)(C)=O. The van der Waals surface area contributed by atoms with Crippen molar-refractivity contribution in [1.29, 1.82) is 0 Å². The first-order chi connectivity index (χ1) is 44.8. The number of amides is 4. The fraction of sp³-hybridized carbons (Fsp3) is 0.767. The number of nitrogens with zero attached hydrogens (tertiary/aromatic N) is 10. The number of carbonyl (C=O) groups excluding carboxylic acids is 4. The van der Waals surface area contributed by atoms with E-state index in [4.69, 9.17) is 80.0 Å². The lowest BCUT2D eigenvalue weighted by Crippen LogP contribution is -2.45. The largest absolute Gasteiger partial charge is 0.443 e. The first-order valence-corrected chi connectivity index (χ1v) is 37.8. The minimum Gasteiger partial charge on any atom is -0.443 e. The standard InChI is InChI=1S/2C30H46ClN6O10P/c2*1-28(2,3)47-27(39)36(17-11-9-10-12-17)23-18-14-32-37(24(18)34-26(31)33-23)25-22-21(45-29(4,5)46-22)19(44-25)15-43-30(16-42-6,48(7,8)41)13-20(38)35-40/h2*14,17,19,21-22,25,40H,9-13,15-16H2,1-8H3,(H,35,38)/t19-,21-,22-,25-,30+;19-,21-,22-,25-,30-/m11/s1. The number of anilines is 2. The molecule has 0 radical (unpaired) electrons. The molecule has 96 heavy (non-hydrogen) atoms. The monoisotopic (exact) mass is 1430 g/mol. The Bertz CT molecular complexity index is 3340. The summed E-state index contributed by atoms with van der Waals surface area (Å²) in [6.07, 6.45) is 2.05. The van der Waals surface area contributed by atoms with Crippen LogP contribution in [0.1, 0.15) is 146 Å². The van der Waals surface area contributed by atoms with Gasteiger partial charge < -0.3 is 66.0 Å². The lowest BCUT2D eigenvalue weighted by molar-refractivity contribution is -0.207. The number of ether oxygens (including phenoxy) is 12. The summed E-state index contributed by atoms with van der Waals surface area (Å²) in [5.41, 5.74) is 2.29. The molecule has 536 valence electrons. The quantitative estimate of drug-likeness (QED) is 0.0247. The number of methoxy groups -OCH3 is 2. The van der Waals surface area contributed by atoms with Crippen LogP contribution in [0.5, 0.6) is 0 Å². The molecule has 2 aliphatic carbocycles. The van der Waals surface area contributed by atoms with Crippen LogP contribution in [0.15, 0.2) is 12.4 Å². The van der Waals surface area contributed by atoms with Gasteiger partial charge in [-0.3, -0.25) is 29.8 Å². The fourth-order valence-corrected chi connectivity index (χ4v) is 16.1. The number of carbonyl (C=O) groups is 4. The lowest BCUT2D eigenvalue weighted by Gasteiger charge is -2.37. The Kier molecular flexibility index (Phi) is 22.8. The van der Waals surface area contributed by atoms with Crippen LogP contribution >= 0.6 is 37.5 Å². The molecule has 4 amide bonds.